The highest BCUT2D eigenvalue weighted by Crippen LogP contribution is 2.47. The molecule has 0 saturated heterocycles. The van der Waals surface area contributed by atoms with Crippen molar-refractivity contribution in [1.82, 2.24) is 0 Å². The van der Waals surface area contributed by atoms with Crippen molar-refractivity contribution in [2.24, 2.45) is 11.8 Å². The lowest BCUT2D eigenvalue weighted by Gasteiger charge is -2.18. The average molecular weight is 300 g/mol. The molecule has 0 saturated carbocycles. The fraction of sp³-hybridized carbons (Fsp3) is 1.00. The second kappa shape index (κ2) is 9.03. The predicted octanol–water partition coefficient (Wildman–Crippen LogP) is 4.07. The largest absolute Gasteiger partial charge is 0.341 e. The van der Waals surface area contributed by atoms with Gasteiger partial charge in [-0.3, -0.25) is 0 Å². The normalized spacial score (nSPS) is 14.6. The van der Waals surface area contributed by atoms with Crippen LogP contribution in [0.4, 0.5) is 0 Å². The standard InChI is InChI=1S/C12H29O2PS2/c1-11(2)8-6-5-7-9-17(10-12(3)4)15(13,14)16/h11-14,16H,5-10H2,1-4H3. The average Bonchev–Trinajstić information content (AvgIpc) is 2.12. The van der Waals surface area contributed by atoms with Crippen molar-refractivity contribution in [2.45, 2.75) is 53.4 Å². The quantitative estimate of drug-likeness (QED) is 0.359. The minimum Gasteiger partial charge on any atom is -0.341 e. The molecular weight excluding hydrogens is 271 g/mol. The van der Waals surface area contributed by atoms with Crippen molar-refractivity contribution in [3.05, 3.63) is 0 Å². The van der Waals surface area contributed by atoms with E-state index in [-0.39, 0.29) is 10.1 Å². The summed E-state index contributed by atoms with van der Waals surface area (Å²) in [5.41, 5.74) is -2.93. The van der Waals surface area contributed by atoms with Crippen molar-refractivity contribution in [3.63, 3.8) is 0 Å². The van der Waals surface area contributed by atoms with Gasteiger partial charge in [-0.25, -0.2) is 0 Å². The third kappa shape index (κ3) is 10.6. The van der Waals surface area contributed by atoms with E-state index < -0.39 is 5.69 Å². The molecule has 0 bridgehead atoms. The summed E-state index contributed by atoms with van der Waals surface area (Å²) in [7, 11) is -0.300. The number of unbranched alkanes of at least 4 members (excludes halogenated alkanes) is 2. The number of thiol groups is 1. The number of rotatable bonds is 8. The second-order valence-electron chi connectivity index (χ2n) is 5.48. The molecule has 17 heavy (non-hydrogen) atoms. The van der Waals surface area contributed by atoms with Gasteiger partial charge in [-0.2, -0.15) is 0 Å². The SMILES string of the molecule is CC(C)CCCCCS(CC(C)C)=P(O)(O)S. The first-order valence-corrected chi connectivity index (χ1v) is 11.5. The Morgan fingerprint density at radius 2 is 1.59 bits per heavy atom. The zero-order valence-electron chi connectivity index (χ0n) is 11.6. The minimum atomic E-state index is -2.93. The van der Waals surface area contributed by atoms with Gasteiger partial charge in [-0.1, -0.05) is 59.2 Å². The first-order chi connectivity index (χ1) is 7.73. The molecule has 1 atom stereocenters. The summed E-state index contributed by atoms with van der Waals surface area (Å²) in [6.45, 7) is 8.74. The first kappa shape index (κ1) is 18.0. The van der Waals surface area contributed by atoms with Crippen LogP contribution in [0.5, 0.6) is 0 Å². The van der Waals surface area contributed by atoms with E-state index in [0.717, 1.165) is 23.8 Å². The van der Waals surface area contributed by atoms with Crippen molar-refractivity contribution < 1.29 is 9.79 Å². The van der Waals surface area contributed by atoms with Crippen LogP contribution in [0.15, 0.2) is 0 Å². The Balaban J connectivity index is 4.04. The van der Waals surface area contributed by atoms with Crippen LogP contribution >= 0.6 is 17.9 Å². The molecule has 0 heterocycles. The molecule has 0 aliphatic rings. The summed E-state index contributed by atoms with van der Waals surface area (Å²) in [6, 6.07) is 0. The molecule has 0 spiro atoms. The molecule has 1 unspecified atom stereocenters. The van der Waals surface area contributed by atoms with Crippen LogP contribution in [0.3, 0.4) is 0 Å². The number of hydrogen-bond acceptors (Lipinski definition) is 0. The van der Waals surface area contributed by atoms with Crippen LogP contribution in [-0.4, -0.2) is 21.3 Å². The molecule has 0 rings (SSSR count). The van der Waals surface area contributed by atoms with Crippen LogP contribution in [0.1, 0.15) is 53.4 Å². The van der Waals surface area contributed by atoms with Crippen LogP contribution < -0.4 is 0 Å². The summed E-state index contributed by atoms with van der Waals surface area (Å²) in [4.78, 5) is 19.4. The Labute approximate surface area is 114 Å². The maximum Gasteiger partial charge on any atom is 0.198 e. The topological polar surface area (TPSA) is 40.5 Å². The molecule has 0 radical (unpaired) electrons. The summed E-state index contributed by atoms with van der Waals surface area (Å²) in [5.74, 6) is 3.12. The van der Waals surface area contributed by atoms with Crippen molar-refractivity contribution in [1.29, 1.82) is 0 Å². The molecule has 0 aromatic heterocycles. The summed E-state index contributed by atoms with van der Waals surface area (Å²) in [5, 5.41) is 0. The maximum absolute atomic E-state index is 9.71. The highest BCUT2D eigenvalue weighted by molar-refractivity contribution is 8.65. The zero-order chi connectivity index (χ0) is 13.5. The highest BCUT2D eigenvalue weighted by Gasteiger charge is 2.12. The lowest BCUT2D eigenvalue weighted by molar-refractivity contribution is 0.501. The third-order valence-corrected chi connectivity index (χ3v) is 10.2. The molecule has 2 N–H and O–H groups in total. The highest BCUT2D eigenvalue weighted by atomic mass is 32.9. The van der Waals surface area contributed by atoms with E-state index in [1.54, 1.807) is 0 Å². The van der Waals surface area contributed by atoms with E-state index >= 15 is 0 Å². The van der Waals surface area contributed by atoms with E-state index in [1.807, 2.05) is 0 Å². The van der Waals surface area contributed by atoms with Crippen molar-refractivity contribution in [2.75, 3.05) is 11.5 Å². The van der Waals surface area contributed by atoms with Crippen LogP contribution in [0.25, 0.3) is 0 Å². The second-order valence-corrected chi connectivity index (χ2v) is 13.7. The molecular formula is C12H29O2PS2. The molecule has 0 aliphatic carbocycles. The predicted molar refractivity (Wildman–Crippen MR) is 85.6 cm³/mol. The molecule has 0 aromatic rings. The van der Waals surface area contributed by atoms with E-state index in [9.17, 15) is 9.79 Å². The maximum atomic E-state index is 9.71. The van der Waals surface area contributed by atoms with Crippen LogP contribution in [0.2, 0.25) is 0 Å². The van der Waals surface area contributed by atoms with Crippen LogP contribution in [0, 0.1) is 11.8 Å². The molecule has 0 aliphatic heterocycles. The van der Waals surface area contributed by atoms with Gasteiger partial charge in [0.05, 0.1) is 0 Å². The molecule has 0 fully saturated rings. The van der Waals surface area contributed by atoms with Gasteiger partial charge in [0.15, 0.2) is 5.69 Å². The van der Waals surface area contributed by atoms with Gasteiger partial charge < -0.3 is 9.79 Å². The van der Waals surface area contributed by atoms with E-state index in [4.69, 9.17) is 0 Å². The van der Waals surface area contributed by atoms with E-state index in [1.165, 1.54) is 19.3 Å². The Bertz CT molecular complexity index is 251. The Morgan fingerprint density at radius 1 is 1.00 bits per heavy atom. The summed E-state index contributed by atoms with van der Waals surface area (Å²) in [6.07, 6.45) is 4.84. The fourth-order valence-electron chi connectivity index (χ4n) is 1.69. The summed E-state index contributed by atoms with van der Waals surface area (Å²) >= 11 is 4.02. The van der Waals surface area contributed by atoms with E-state index in [2.05, 4.69) is 39.9 Å². The molecule has 0 amide bonds. The third-order valence-electron chi connectivity index (χ3n) is 2.53. The Hall–Kier alpha value is 1.05. The fourth-order valence-corrected chi connectivity index (χ4v) is 7.56. The van der Waals surface area contributed by atoms with Gasteiger partial charge in [0.2, 0.25) is 0 Å². The first-order valence-electron chi connectivity index (χ1n) is 6.49. The van der Waals surface area contributed by atoms with Crippen molar-refractivity contribution in [3.8, 4) is 0 Å². The Kier molecular flexibility index (Phi) is 9.59. The van der Waals surface area contributed by atoms with E-state index in [0.29, 0.717) is 5.92 Å². The van der Waals surface area contributed by atoms with Gasteiger partial charge in [0.1, 0.15) is 0 Å². The molecule has 0 aromatic carbocycles. The molecule has 2 nitrogen and oxygen atoms in total. The molecule has 106 valence electrons. The number of hydrogen-bond donors (Lipinski definition) is 3. The van der Waals surface area contributed by atoms with Gasteiger partial charge in [-0.15, -0.1) is 10.1 Å². The van der Waals surface area contributed by atoms with Gasteiger partial charge in [-0.05, 0) is 29.8 Å². The van der Waals surface area contributed by atoms with Crippen LogP contribution in [-0.2, 0) is 10.1 Å². The lowest BCUT2D eigenvalue weighted by Crippen LogP contribution is -2.09. The van der Waals surface area contributed by atoms with Gasteiger partial charge >= 0.3 is 0 Å². The zero-order valence-corrected chi connectivity index (χ0v) is 14.2. The smallest absolute Gasteiger partial charge is 0.198 e. The van der Waals surface area contributed by atoms with Gasteiger partial charge in [0.25, 0.3) is 0 Å². The van der Waals surface area contributed by atoms with Crippen molar-refractivity contribution >= 4 is 28.0 Å². The van der Waals surface area contributed by atoms with Gasteiger partial charge in [0, 0.05) is 0 Å². The lowest BCUT2D eigenvalue weighted by atomic mass is 10.1. The summed E-state index contributed by atoms with van der Waals surface area (Å²) < 4.78 is 0. The minimum absolute atomic E-state index is 0.300. The molecule has 5 heteroatoms. The monoisotopic (exact) mass is 300 g/mol. The Morgan fingerprint density at radius 3 is 2.00 bits per heavy atom.